The minimum atomic E-state index is -4.56. The van der Waals surface area contributed by atoms with E-state index in [1.54, 1.807) is 6.92 Å². The van der Waals surface area contributed by atoms with E-state index in [-0.39, 0.29) is 17.0 Å². The highest BCUT2D eigenvalue weighted by molar-refractivity contribution is 7.89. The Kier molecular flexibility index (Phi) is 4.96. The molecule has 2 rings (SSSR count). The molecular formula is C15H18F3NO4S. The predicted molar refractivity (Wildman–Crippen MR) is 79.9 cm³/mol. The first-order valence-corrected chi connectivity index (χ1v) is 8.81. The van der Waals surface area contributed by atoms with E-state index < -0.39 is 39.7 Å². The molecule has 1 aliphatic heterocycles. The summed E-state index contributed by atoms with van der Waals surface area (Å²) < 4.78 is 64.9. The van der Waals surface area contributed by atoms with Crippen molar-refractivity contribution in [3.8, 4) is 0 Å². The maximum Gasteiger partial charge on any atom is 0.416 e. The monoisotopic (exact) mass is 365 g/mol. The molecular weight excluding hydrogens is 347 g/mol. The van der Waals surface area contributed by atoms with Crippen LogP contribution in [0.4, 0.5) is 13.2 Å². The SMILES string of the molecule is Cc1cc(C(F)(F)F)ccc1S(=O)(=O)N1CC(C(=O)O)CCC1C. The molecule has 1 aliphatic rings. The molecule has 0 saturated carbocycles. The van der Waals surface area contributed by atoms with E-state index in [2.05, 4.69) is 0 Å². The van der Waals surface area contributed by atoms with E-state index in [0.29, 0.717) is 12.8 Å². The van der Waals surface area contributed by atoms with Crippen LogP contribution in [-0.2, 0) is 21.0 Å². The topological polar surface area (TPSA) is 74.7 Å². The molecule has 1 heterocycles. The third-order valence-electron chi connectivity index (χ3n) is 4.26. The average molecular weight is 365 g/mol. The molecule has 0 bridgehead atoms. The summed E-state index contributed by atoms with van der Waals surface area (Å²) >= 11 is 0. The molecule has 1 aromatic carbocycles. The number of hydrogen-bond donors (Lipinski definition) is 1. The van der Waals surface area contributed by atoms with Crippen molar-refractivity contribution in [2.45, 2.75) is 43.8 Å². The quantitative estimate of drug-likeness (QED) is 0.894. The van der Waals surface area contributed by atoms with Gasteiger partial charge in [0.25, 0.3) is 0 Å². The van der Waals surface area contributed by atoms with Crippen molar-refractivity contribution in [3.63, 3.8) is 0 Å². The van der Waals surface area contributed by atoms with E-state index in [9.17, 15) is 26.4 Å². The molecule has 5 nitrogen and oxygen atoms in total. The zero-order chi connectivity index (χ0) is 18.3. The molecule has 0 aromatic heterocycles. The van der Waals surface area contributed by atoms with E-state index in [0.717, 1.165) is 22.5 Å². The average Bonchev–Trinajstić information content (AvgIpc) is 2.45. The summed E-state index contributed by atoms with van der Waals surface area (Å²) in [7, 11) is -4.07. The van der Waals surface area contributed by atoms with Gasteiger partial charge in [0, 0.05) is 12.6 Å². The van der Waals surface area contributed by atoms with Crippen molar-refractivity contribution >= 4 is 16.0 Å². The van der Waals surface area contributed by atoms with Crippen LogP contribution in [0.15, 0.2) is 23.1 Å². The zero-order valence-corrected chi connectivity index (χ0v) is 14.0. The van der Waals surface area contributed by atoms with Crippen LogP contribution >= 0.6 is 0 Å². The van der Waals surface area contributed by atoms with Crippen LogP contribution in [0.1, 0.15) is 30.9 Å². The van der Waals surface area contributed by atoms with E-state index >= 15 is 0 Å². The van der Waals surface area contributed by atoms with Gasteiger partial charge in [0.15, 0.2) is 0 Å². The summed E-state index contributed by atoms with van der Waals surface area (Å²) in [4.78, 5) is 10.9. The molecule has 0 spiro atoms. The second-order valence-electron chi connectivity index (χ2n) is 6.01. The lowest BCUT2D eigenvalue weighted by Gasteiger charge is -2.35. The van der Waals surface area contributed by atoms with Crippen molar-refractivity contribution in [3.05, 3.63) is 29.3 Å². The number of nitrogens with zero attached hydrogens (tertiary/aromatic N) is 1. The van der Waals surface area contributed by atoms with Gasteiger partial charge in [-0.15, -0.1) is 0 Å². The molecule has 1 fully saturated rings. The van der Waals surface area contributed by atoms with Crippen molar-refractivity contribution in [1.29, 1.82) is 0 Å². The Balaban J connectivity index is 2.41. The predicted octanol–water partition coefficient (Wildman–Crippen LogP) is 2.89. The van der Waals surface area contributed by atoms with Gasteiger partial charge in [0.1, 0.15) is 0 Å². The number of carboxylic acids is 1. The highest BCUT2D eigenvalue weighted by atomic mass is 32.2. The highest BCUT2D eigenvalue weighted by Crippen LogP contribution is 2.34. The van der Waals surface area contributed by atoms with Crippen molar-refractivity contribution < 1.29 is 31.5 Å². The molecule has 1 aromatic rings. The van der Waals surface area contributed by atoms with Gasteiger partial charge in [0.05, 0.1) is 16.4 Å². The van der Waals surface area contributed by atoms with E-state index in [1.165, 1.54) is 6.92 Å². The Labute approximate surface area is 138 Å². The van der Waals surface area contributed by atoms with Crippen molar-refractivity contribution in [2.24, 2.45) is 5.92 Å². The lowest BCUT2D eigenvalue weighted by molar-refractivity contribution is -0.143. The van der Waals surface area contributed by atoms with Crippen LogP contribution in [0.3, 0.4) is 0 Å². The van der Waals surface area contributed by atoms with Gasteiger partial charge in [-0.1, -0.05) is 0 Å². The number of piperidine rings is 1. The van der Waals surface area contributed by atoms with E-state index in [1.807, 2.05) is 0 Å². The number of rotatable bonds is 3. The molecule has 0 amide bonds. The van der Waals surface area contributed by atoms with Gasteiger partial charge in [0.2, 0.25) is 10.0 Å². The fourth-order valence-corrected chi connectivity index (χ4v) is 4.77. The molecule has 24 heavy (non-hydrogen) atoms. The summed E-state index contributed by atoms with van der Waals surface area (Å²) in [5.41, 5.74) is -0.941. The Morgan fingerprint density at radius 1 is 1.29 bits per heavy atom. The number of alkyl halides is 3. The fraction of sp³-hybridized carbons (Fsp3) is 0.533. The lowest BCUT2D eigenvalue weighted by atomic mass is 9.96. The summed E-state index contributed by atoms with van der Waals surface area (Å²) in [6.45, 7) is 2.78. The normalized spacial score (nSPS) is 23.2. The zero-order valence-electron chi connectivity index (χ0n) is 13.2. The summed E-state index contributed by atoms with van der Waals surface area (Å²) in [5, 5.41) is 9.11. The fourth-order valence-electron chi connectivity index (χ4n) is 2.85. The highest BCUT2D eigenvalue weighted by Gasteiger charge is 2.38. The van der Waals surface area contributed by atoms with Gasteiger partial charge >= 0.3 is 12.1 Å². The lowest BCUT2D eigenvalue weighted by Crippen LogP contribution is -2.47. The largest absolute Gasteiger partial charge is 0.481 e. The number of halogens is 3. The third kappa shape index (κ3) is 3.56. The molecule has 0 radical (unpaired) electrons. The summed E-state index contributed by atoms with van der Waals surface area (Å²) in [6, 6.07) is 2.04. The Morgan fingerprint density at radius 3 is 2.42 bits per heavy atom. The van der Waals surface area contributed by atoms with Crippen molar-refractivity contribution in [2.75, 3.05) is 6.54 Å². The first-order chi connectivity index (χ1) is 10.9. The maximum absolute atomic E-state index is 12.8. The van der Waals surface area contributed by atoms with Crippen LogP contribution in [0, 0.1) is 12.8 Å². The van der Waals surface area contributed by atoms with Crippen molar-refractivity contribution in [1.82, 2.24) is 4.31 Å². The number of aliphatic carboxylic acids is 1. The number of carboxylic acid groups (broad SMARTS) is 1. The van der Waals surface area contributed by atoms with Crippen LogP contribution in [-0.4, -0.2) is 36.4 Å². The van der Waals surface area contributed by atoms with Gasteiger partial charge < -0.3 is 5.11 Å². The van der Waals surface area contributed by atoms with Crippen LogP contribution in [0.2, 0.25) is 0 Å². The first-order valence-electron chi connectivity index (χ1n) is 7.37. The first kappa shape index (κ1) is 18.7. The standard InChI is InChI=1S/C15H18F3NO4S/c1-9-7-12(15(16,17)18)5-6-13(9)24(22,23)19-8-11(14(20)21)4-3-10(19)2/h5-7,10-11H,3-4,8H2,1-2H3,(H,20,21). The van der Waals surface area contributed by atoms with Crippen LogP contribution < -0.4 is 0 Å². The second-order valence-corrected chi connectivity index (χ2v) is 7.87. The van der Waals surface area contributed by atoms with Crippen LogP contribution in [0.5, 0.6) is 0 Å². The number of aryl methyl sites for hydroxylation is 1. The number of sulfonamides is 1. The Morgan fingerprint density at radius 2 is 1.92 bits per heavy atom. The third-order valence-corrected chi connectivity index (χ3v) is 6.40. The summed E-state index contributed by atoms with van der Waals surface area (Å²) in [6.07, 6.45) is -3.80. The van der Waals surface area contributed by atoms with Gasteiger partial charge in [-0.3, -0.25) is 4.79 Å². The molecule has 0 aliphatic carbocycles. The van der Waals surface area contributed by atoms with Crippen LogP contribution in [0.25, 0.3) is 0 Å². The minimum absolute atomic E-state index is 0.0190. The second kappa shape index (κ2) is 6.36. The Bertz CT molecular complexity index is 746. The maximum atomic E-state index is 12.8. The molecule has 1 saturated heterocycles. The Hall–Kier alpha value is -1.61. The molecule has 2 unspecified atom stereocenters. The van der Waals surface area contributed by atoms with Gasteiger partial charge in [-0.2, -0.15) is 17.5 Å². The summed E-state index contributed by atoms with van der Waals surface area (Å²) in [5.74, 6) is -1.89. The minimum Gasteiger partial charge on any atom is -0.481 e. The smallest absolute Gasteiger partial charge is 0.416 e. The number of hydrogen-bond acceptors (Lipinski definition) is 3. The van der Waals surface area contributed by atoms with E-state index in [4.69, 9.17) is 5.11 Å². The molecule has 9 heteroatoms. The molecule has 2 atom stereocenters. The molecule has 134 valence electrons. The number of carbonyl (C=O) groups is 1. The van der Waals surface area contributed by atoms with Gasteiger partial charge in [-0.05, 0) is 50.5 Å². The molecule has 1 N–H and O–H groups in total. The number of benzene rings is 1. The van der Waals surface area contributed by atoms with Gasteiger partial charge in [-0.25, -0.2) is 8.42 Å².